The summed E-state index contributed by atoms with van der Waals surface area (Å²) in [6.45, 7) is 0.275. The molecule has 206 valence electrons. The number of nitrogens with one attached hydrogen (secondary N) is 3. The number of carbonyl (C=O) groups is 5. The van der Waals surface area contributed by atoms with Crippen LogP contribution in [0.4, 0.5) is 0 Å². The van der Waals surface area contributed by atoms with Crippen LogP contribution in [-0.2, 0) is 30.4 Å². The number of fused-ring (bicyclic) bond motifs is 1. The highest BCUT2D eigenvalue weighted by Crippen LogP contribution is 2.21. The lowest BCUT2D eigenvalue weighted by atomic mass is 10.0. The first-order chi connectivity index (χ1) is 18.1. The lowest BCUT2D eigenvalue weighted by Gasteiger charge is -2.30. The Bertz CT molecular complexity index is 1190. The van der Waals surface area contributed by atoms with Gasteiger partial charge in [-0.1, -0.05) is 18.2 Å². The molecule has 1 aromatic carbocycles. The molecular weight excluding hydrogens is 512 g/mol. The molecule has 12 nitrogen and oxygen atoms in total. The largest absolute Gasteiger partial charge is 0.480 e. The van der Waals surface area contributed by atoms with Crippen LogP contribution in [0.25, 0.3) is 10.9 Å². The number of carboxylic acids is 1. The molecule has 1 saturated heterocycles. The summed E-state index contributed by atoms with van der Waals surface area (Å²) in [5.41, 5.74) is 13.1. The summed E-state index contributed by atoms with van der Waals surface area (Å²) in [6, 6.07) is 3.45. The number of aromatic amines is 1. The Morgan fingerprint density at radius 1 is 1.18 bits per heavy atom. The van der Waals surface area contributed by atoms with E-state index in [2.05, 4.69) is 15.6 Å². The molecular formula is C25H34N6O6S. The number of para-hydroxylation sites is 1. The molecule has 4 amide bonds. The fourth-order valence-corrected chi connectivity index (χ4v) is 5.05. The average Bonchev–Trinajstić information content (AvgIpc) is 3.53. The van der Waals surface area contributed by atoms with Gasteiger partial charge in [0.1, 0.15) is 18.1 Å². The highest BCUT2D eigenvalue weighted by atomic mass is 32.2. The summed E-state index contributed by atoms with van der Waals surface area (Å²) in [4.78, 5) is 66.5. The number of thioether (sulfide) groups is 1. The lowest BCUT2D eigenvalue weighted by molar-refractivity contribution is -0.145. The van der Waals surface area contributed by atoms with Crippen molar-refractivity contribution in [1.29, 1.82) is 0 Å². The summed E-state index contributed by atoms with van der Waals surface area (Å²) in [6.07, 6.45) is 4.57. The van der Waals surface area contributed by atoms with Gasteiger partial charge in [-0.05, 0) is 49.3 Å². The lowest BCUT2D eigenvalue weighted by Crippen LogP contribution is -2.57. The highest BCUT2D eigenvalue weighted by Gasteiger charge is 2.39. The number of hydrogen-bond acceptors (Lipinski definition) is 7. The molecule has 2 aromatic rings. The SMILES string of the molecule is CSCCC(NC(=O)C(N)Cc1c[nH]c2ccccc12)C(=O)N1CCCC1C(=O)NC(CC(N)=O)C(=O)O. The minimum absolute atomic E-state index is 0.268. The predicted octanol–water partition coefficient (Wildman–Crippen LogP) is -0.289. The van der Waals surface area contributed by atoms with Crippen LogP contribution in [-0.4, -0.2) is 87.3 Å². The normalized spacial score (nSPS) is 17.5. The number of benzene rings is 1. The number of likely N-dealkylation sites (tertiary alicyclic amines) is 1. The molecule has 1 fully saturated rings. The first-order valence-corrected chi connectivity index (χ1v) is 13.7. The van der Waals surface area contributed by atoms with Gasteiger partial charge in [-0.2, -0.15) is 11.8 Å². The maximum absolute atomic E-state index is 13.5. The zero-order valence-electron chi connectivity index (χ0n) is 21.1. The van der Waals surface area contributed by atoms with E-state index in [9.17, 15) is 29.1 Å². The fourth-order valence-electron chi connectivity index (χ4n) is 4.57. The Labute approximate surface area is 224 Å². The van der Waals surface area contributed by atoms with E-state index >= 15 is 0 Å². The van der Waals surface area contributed by atoms with Crippen molar-refractivity contribution >= 4 is 52.3 Å². The third kappa shape index (κ3) is 7.25. The van der Waals surface area contributed by atoms with Crippen molar-refractivity contribution in [3.05, 3.63) is 36.0 Å². The Balaban J connectivity index is 1.68. The molecule has 1 aromatic heterocycles. The first-order valence-electron chi connectivity index (χ1n) is 12.3. The number of carboxylic acid groups (broad SMARTS) is 1. The molecule has 2 heterocycles. The molecule has 1 aliphatic rings. The van der Waals surface area contributed by atoms with Gasteiger partial charge in [-0.15, -0.1) is 0 Å². The maximum atomic E-state index is 13.5. The zero-order valence-corrected chi connectivity index (χ0v) is 22.0. The Morgan fingerprint density at radius 2 is 1.92 bits per heavy atom. The number of aromatic nitrogens is 1. The summed E-state index contributed by atoms with van der Waals surface area (Å²) in [5.74, 6) is -3.30. The van der Waals surface area contributed by atoms with Crippen LogP contribution in [0.2, 0.25) is 0 Å². The second kappa shape index (κ2) is 13.3. The second-order valence-electron chi connectivity index (χ2n) is 9.27. The first kappa shape index (κ1) is 29.0. The van der Waals surface area contributed by atoms with Crippen molar-refractivity contribution in [2.24, 2.45) is 11.5 Å². The molecule has 1 aliphatic heterocycles. The van der Waals surface area contributed by atoms with Crippen molar-refractivity contribution in [3.63, 3.8) is 0 Å². The number of hydrogen-bond donors (Lipinski definition) is 6. The van der Waals surface area contributed by atoms with Crippen LogP contribution >= 0.6 is 11.8 Å². The van der Waals surface area contributed by atoms with Crippen LogP contribution < -0.4 is 22.1 Å². The number of H-pyrrole nitrogens is 1. The highest BCUT2D eigenvalue weighted by molar-refractivity contribution is 7.98. The van der Waals surface area contributed by atoms with E-state index in [0.29, 0.717) is 25.0 Å². The number of carbonyl (C=O) groups excluding carboxylic acids is 4. The van der Waals surface area contributed by atoms with E-state index < -0.39 is 60.2 Å². The standard InChI is InChI=1S/C25H34N6O6S/c1-38-10-8-18(29-22(33)16(26)11-14-13-28-17-6-3-2-5-15(14)17)24(35)31-9-4-7-20(31)23(34)30-19(25(36)37)12-21(27)32/h2-3,5-6,13,16,18-20,28H,4,7-12,26H2,1H3,(H2,27,32)(H,29,33)(H,30,34)(H,36,37). The minimum atomic E-state index is -1.49. The third-order valence-electron chi connectivity index (χ3n) is 6.54. The Hall–Kier alpha value is -3.58. The van der Waals surface area contributed by atoms with Crippen molar-refractivity contribution in [3.8, 4) is 0 Å². The van der Waals surface area contributed by atoms with Gasteiger partial charge in [-0.3, -0.25) is 19.2 Å². The molecule has 8 N–H and O–H groups in total. The van der Waals surface area contributed by atoms with E-state index in [4.69, 9.17) is 11.5 Å². The predicted molar refractivity (Wildman–Crippen MR) is 143 cm³/mol. The summed E-state index contributed by atoms with van der Waals surface area (Å²) in [5, 5.41) is 15.3. The van der Waals surface area contributed by atoms with E-state index in [1.165, 1.54) is 16.7 Å². The van der Waals surface area contributed by atoms with Gasteiger partial charge in [0, 0.05) is 23.6 Å². The van der Waals surface area contributed by atoms with E-state index in [1.807, 2.05) is 36.7 Å². The van der Waals surface area contributed by atoms with Gasteiger partial charge < -0.3 is 37.1 Å². The number of amides is 4. The minimum Gasteiger partial charge on any atom is -0.480 e. The quantitative estimate of drug-likeness (QED) is 0.197. The topological polar surface area (TPSA) is 201 Å². The molecule has 0 aliphatic carbocycles. The molecule has 0 spiro atoms. The van der Waals surface area contributed by atoms with Crippen molar-refractivity contribution < 1.29 is 29.1 Å². The number of nitrogens with two attached hydrogens (primary N) is 2. The van der Waals surface area contributed by atoms with Gasteiger partial charge in [0.05, 0.1) is 12.5 Å². The average molecular weight is 547 g/mol. The number of aliphatic carboxylic acids is 1. The van der Waals surface area contributed by atoms with Gasteiger partial charge >= 0.3 is 5.97 Å². The number of primary amides is 1. The summed E-state index contributed by atoms with van der Waals surface area (Å²) < 4.78 is 0. The molecule has 0 bridgehead atoms. The zero-order chi connectivity index (χ0) is 27.8. The molecule has 4 atom stereocenters. The van der Waals surface area contributed by atoms with Crippen LogP contribution in [0.3, 0.4) is 0 Å². The maximum Gasteiger partial charge on any atom is 0.326 e. The molecule has 38 heavy (non-hydrogen) atoms. The number of nitrogens with zero attached hydrogens (tertiary/aromatic N) is 1. The van der Waals surface area contributed by atoms with Crippen molar-refractivity contribution in [2.45, 2.75) is 56.3 Å². The summed E-state index contributed by atoms with van der Waals surface area (Å²) >= 11 is 1.51. The molecule has 0 radical (unpaired) electrons. The fraction of sp³-hybridized carbons (Fsp3) is 0.480. The van der Waals surface area contributed by atoms with Crippen LogP contribution in [0.15, 0.2) is 30.5 Å². The second-order valence-corrected chi connectivity index (χ2v) is 10.3. The van der Waals surface area contributed by atoms with Crippen molar-refractivity contribution in [2.75, 3.05) is 18.6 Å². The smallest absolute Gasteiger partial charge is 0.326 e. The van der Waals surface area contributed by atoms with Crippen LogP contribution in [0.1, 0.15) is 31.2 Å². The van der Waals surface area contributed by atoms with E-state index in [-0.39, 0.29) is 13.0 Å². The van der Waals surface area contributed by atoms with Gasteiger partial charge in [-0.25, -0.2) is 4.79 Å². The van der Waals surface area contributed by atoms with Gasteiger partial charge in [0.25, 0.3) is 0 Å². The van der Waals surface area contributed by atoms with E-state index in [0.717, 1.165) is 16.5 Å². The monoisotopic (exact) mass is 546 g/mol. The molecule has 4 unspecified atom stereocenters. The summed E-state index contributed by atoms with van der Waals surface area (Å²) in [7, 11) is 0. The third-order valence-corrected chi connectivity index (χ3v) is 7.18. The van der Waals surface area contributed by atoms with Crippen LogP contribution in [0, 0.1) is 0 Å². The number of rotatable bonds is 13. The van der Waals surface area contributed by atoms with Gasteiger partial charge in [0.15, 0.2) is 0 Å². The van der Waals surface area contributed by atoms with Gasteiger partial charge in [0.2, 0.25) is 23.6 Å². The van der Waals surface area contributed by atoms with E-state index in [1.54, 1.807) is 0 Å². The molecule has 13 heteroatoms. The molecule has 0 saturated carbocycles. The molecule has 3 rings (SSSR count). The Kier molecular flexibility index (Phi) is 10.1. The Morgan fingerprint density at radius 3 is 2.61 bits per heavy atom. The van der Waals surface area contributed by atoms with Crippen molar-refractivity contribution in [1.82, 2.24) is 20.5 Å². The van der Waals surface area contributed by atoms with Crippen LogP contribution in [0.5, 0.6) is 0 Å².